The Balaban J connectivity index is 1.11. The molecular weight excluding hydrogens is 649 g/mol. The van der Waals surface area contributed by atoms with Crippen LogP contribution in [-0.2, 0) is 0 Å². The van der Waals surface area contributed by atoms with Gasteiger partial charge in [-0.2, -0.15) is 0 Å². The zero-order valence-electron chi connectivity index (χ0n) is 29.6. The first-order valence-electron chi connectivity index (χ1n) is 18.4. The summed E-state index contributed by atoms with van der Waals surface area (Å²) < 4.78 is 24.3. The van der Waals surface area contributed by atoms with E-state index < -0.39 is 18.0 Å². The molecule has 0 amide bonds. The summed E-state index contributed by atoms with van der Waals surface area (Å²) >= 11 is 0. The Morgan fingerprint density at radius 3 is 1.90 bits per heavy atom. The van der Waals surface area contributed by atoms with Crippen molar-refractivity contribution in [3.63, 3.8) is 0 Å². The normalized spacial score (nSPS) is 15.7. The standard InChI is InChI=1S/C46H44O6/c1-32-41-29-28-40(51-46(48)37-18-9-4-10-19-37)31-42(41)52-44(35-22-24-38(25-23-35)49-30-12-11-15-33-13-5-2-6-14-33)43(32)34-20-26-39(27-21-34)50-45(47)36-16-7-3-8-17-36/h3-4,7-10,16-29,31,33,44H,2,5-6,11-15,30H2,1H3. The molecular formula is C46H44O6. The Labute approximate surface area is 306 Å². The maximum absolute atomic E-state index is 12.8. The monoisotopic (exact) mass is 692 g/mol. The van der Waals surface area contributed by atoms with E-state index in [9.17, 15) is 9.59 Å². The fraction of sp³-hybridized carbons (Fsp3) is 0.261. The first-order chi connectivity index (χ1) is 25.5. The molecule has 7 rings (SSSR count). The first kappa shape index (κ1) is 34.8. The average molecular weight is 693 g/mol. The van der Waals surface area contributed by atoms with Gasteiger partial charge in [-0.1, -0.05) is 99.2 Å². The van der Waals surface area contributed by atoms with Gasteiger partial charge in [0.25, 0.3) is 0 Å². The van der Waals surface area contributed by atoms with Crippen LogP contribution >= 0.6 is 0 Å². The van der Waals surface area contributed by atoms with E-state index in [2.05, 4.69) is 19.1 Å². The minimum Gasteiger partial charge on any atom is -0.494 e. The predicted octanol–water partition coefficient (Wildman–Crippen LogP) is 11.3. The lowest BCUT2D eigenvalue weighted by atomic mass is 9.86. The van der Waals surface area contributed by atoms with E-state index in [-0.39, 0.29) is 0 Å². The minimum absolute atomic E-state index is 0.402. The minimum atomic E-state index is -0.463. The van der Waals surface area contributed by atoms with Crippen LogP contribution in [0.5, 0.6) is 23.0 Å². The molecule has 6 heteroatoms. The SMILES string of the molecule is CC1=C(c2ccc(OC(=O)c3ccccc3)cc2)C(c2ccc(OCCCCC3CCCCC3)cc2)Oc2cc(OC(=O)c3ccccc3)ccc21. The van der Waals surface area contributed by atoms with Gasteiger partial charge < -0.3 is 18.9 Å². The summed E-state index contributed by atoms with van der Waals surface area (Å²) in [5, 5.41) is 0. The molecule has 1 saturated carbocycles. The Morgan fingerprint density at radius 1 is 0.654 bits per heavy atom. The maximum atomic E-state index is 12.8. The van der Waals surface area contributed by atoms with Crippen molar-refractivity contribution in [3.05, 3.63) is 155 Å². The molecule has 5 aromatic rings. The van der Waals surface area contributed by atoms with Crippen molar-refractivity contribution in [2.75, 3.05) is 6.61 Å². The highest BCUT2D eigenvalue weighted by Gasteiger charge is 2.30. The van der Waals surface area contributed by atoms with Crippen molar-refractivity contribution in [2.45, 2.75) is 64.4 Å². The van der Waals surface area contributed by atoms with E-state index in [0.717, 1.165) is 45.9 Å². The highest BCUT2D eigenvalue weighted by molar-refractivity contribution is 5.96. The number of fused-ring (bicyclic) bond motifs is 1. The van der Waals surface area contributed by atoms with Crippen molar-refractivity contribution in [1.29, 1.82) is 0 Å². The molecule has 0 saturated heterocycles. The molecule has 0 radical (unpaired) electrons. The quantitative estimate of drug-likeness (QED) is 0.0736. The number of carbonyl (C=O) groups is 2. The van der Waals surface area contributed by atoms with Gasteiger partial charge in [-0.15, -0.1) is 0 Å². The summed E-state index contributed by atoms with van der Waals surface area (Å²) in [5.74, 6) is 2.36. The van der Waals surface area contributed by atoms with Crippen LogP contribution in [0.2, 0.25) is 0 Å². The highest BCUT2D eigenvalue weighted by atomic mass is 16.5. The van der Waals surface area contributed by atoms with Gasteiger partial charge >= 0.3 is 11.9 Å². The van der Waals surface area contributed by atoms with E-state index >= 15 is 0 Å². The molecule has 0 N–H and O–H groups in total. The number of hydrogen-bond acceptors (Lipinski definition) is 6. The molecule has 1 unspecified atom stereocenters. The van der Waals surface area contributed by atoms with Crippen LogP contribution in [0.15, 0.2) is 127 Å². The lowest BCUT2D eigenvalue weighted by Gasteiger charge is -2.31. The summed E-state index contributed by atoms with van der Waals surface area (Å²) in [6.07, 6.45) is 10.1. The third-order valence-electron chi connectivity index (χ3n) is 10.1. The van der Waals surface area contributed by atoms with Crippen molar-refractivity contribution < 1.29 is 28.5 Å². The molecule has 2 aliphatic rings. The molecule has 0 spiro atoms. The van der Waals surface area contributed by atoms with E-state index in [0.29, 0.717) is 35.0 Å². The van der Waals surface area contributed by atoms with Crippen molar-refractivity contribution in [3.8, 4) is 23.0 Å². The Hall–Kier alpha value is -5.62. The lowest BCUT2D eigenvalue weighted by Crippen LogP contribution is -2.17. The third kappa shape index (κ3) is 8.46. The number of hydrogen-bond donors (Lipinski definition) is 0. The van der Waals surface area contributed by atoms with Crippen molar-refractivity contribution >= 4 is 23.1 Å². The van der Waals surface area contributed by atoms with Crippen LogP contribution in [-0.4, -0.2) is 18.5 Å². The molecule has 0 bridgehead atoms. The molecule has 0 aromatic heterocycles. The number of benzene rings is 5. The summed E-state index contributed by atoms with van der Waals surface area (Å²) in [5.41, 5.74) is 5.77. The maximum Gasteiger partial charge on any atom is 0.343 e. The fourth-order valence-corrected chi connectivity index (χ4v) is 7.23. The number of carbonyl (C=O) groups excluding carboxylic acids is 2. The van der Waals surface area contributed by atoms with Gasteiger partial charge in [0, 0.05) is 17.2 Å². The van der Waals surface area contributed by atoms with Crippen LogP contribution in [0.3, 0.4) is 0 Å². The predicted molar refractivity (Wildman–Crippen MR) is 204 cm³/mol. The number of ether oxygens (including phenoxy) is 4. The van der Waals surface area contributed by atoms with Gasteiger partial charge in [0.2, 0.25) is 0 Å². The average Bonchev–Trinajstić information content (AvgIpc) is 3.19. The fourth-order valence-electron chi connectivity index (χ4n) is 7.23. The topological polar surface area (TPSA) is 71.1 Å². The Kier molecular flexibility index (Phi) is 11.1. The molecule has 6 nitrogen and oxygen atoms in total. The lowest BCUT2D eigenvalue weighted by molar-refractivity contribution is 0.0724. The summed E-state index contributed by atoms with van der Waals surface area (Å²) in [7, 11) is 0. The zero-order chi connectivity index (χ0) is 35.7. The van der Waals surface area contributed by atoms with Crippen LogP contribution in [0, 0.1) is 5.92 Å². The Morgan fingerprint density at radius 2 is 1.25 bits per heavy atom. The molecule has 1 heterocycles. The summed E-state index contributed by atoms with van der Waals surface area (Å²) in [6.45, 7) is 2.78. The van der Waals surface area contributed by atoms with Gasteiger partial charge in [-0.25, -0.2) is 9.59 Å². The van der Waals surface area contributed by atoms with Crippen LogP contribution in [0.25, 0.3) is 11.1 Å². The second-order valence-electron chi connectivity index (χ2n) is 13.6. The zero-order valence-corrected chi connectivity index (χ0v) is 29.6. The second-order valence-corrected chi connectivity index (χ2v) is 13.6. The summed E-state index contributed by atoms with van der Waals surface area (Å²) in [4.78, 5) is 25.5. The molecule has 5 aromatic carbocycles. The van der Waals surface area contributed by atoms with Crippen molar-refractivity contribution in [2.24, 2.45) is 5.92 Å². The number of rotatable bonds is 12. The summed E-state index contributed by atoms with van der Waals surface area (Å²) in [6, 6.07) is 39.0. The van der Waals surface area contributed by atoms with E-state index in [1.165, 1.54) is 44.9 Å². The van der Waals surface area contributed by atoms with Crippen LogP contribution in [0.1, 0.15) is 102 Å². The van der Waals surface area contributed by atoms with E-state index in [1.54, 1.807) is 60.7 Å². The van der Waals surface area contributed by atoms with Crippen LogP contribution < -0.4 is 18.9 Å². The molecule has 264 valence electrons. The molecule has 1 aliphatic heterocycles. The number of allylic oxidation sites excluding steroid dienone is 1. The van der Waals surface area contributed by atoms with Gasteiger partial charge in [0.1, 0.15) is 29.1 Å². The van der Waals surface area contributed by atoms with Crippen molar-refractivity contribution in [1.82, 2.24) is 0 Å². The van der Waals surface area contributed by atoms with Crippen LogP contribution in [0.4, 0.5) is 0 Å². The largest absolute Gasteiger partial charge is 0.494 e. The smallest absolute Gasteiger partial charge is 0.343 e. The molecule has 1 fully saturated rings. The number of esters is 2. The third-order valence-corrected chi connectivity index (χ3v) is 10.1. The molecule has 1 aliphatic carbocycles. The van der Waals surface area contributed by atoms with E-state index in [4.69, 9.17) is 18.9 Å². The van der Waals surface area contributed by atoms with Gasteiger partial charge in [-0.3, -0.25) is 0 Å². The molecule has 1 atom stereocenters. The first-order valence-corrected chi connectivity index (χ1v) is 18.4. The molecule has 52 heavy (non-hydrogen) atoms. The van der Waals surface area contributed by atoms with E-state index in [1.807, 2.05) is 54.6 Å². The van der Waals surface area contributed by atoms with Gasteiger partial charge in [-0.05, 0) is 103 Å². The number of unbranched alkanes of at least 4 members (excludes halogenated alkanes) is 1. The Bertz CT molecular complexity index is 1990. The highest BCUT2D eigenvalue weighted by Crippen LogP contribution is 2.48. The van der Waals surface area contributed by atoms with Gasteiger partial charge in [0.15, 0.2) is 0 Å². The second kappa shape index (κ2) is 16.6. The van der Waals surface area contributed by atoms with Gasteiger partial charge in [0.05, 0.1) is 17.7 Å².